The smallest absolute Gasteiger partial charge is 0.271 e. The Kier molecular flexibility index (Phi) is 4.68. The highest BCUT2D eigenvalue weighted by Crippen LogP contribution is 2.36. The number of fused-ring (bicyclic) bond motifs is 1. The van der Waals surface area contributed by atoms with E-state index in [1.165, 1.54) is 12.1 Å². The summed E-state index contributed by atoms with van der Waals surface area (Å²) in [7, 11) is 0. The van der Waals surface area contributed by atoms with Gasteiger partial charge in [0.05, 0.1) is 35.0 Å². The average Bonchev–Trinajstić information content (AvgIpc) is 2.86. The zero-order chi connectivity index (χ0) is 19.5. The normalized spacial score (nSPS) is 13.5. The van der Waals surface area contributed by atoms with Gasteiger partial charge in [0, 0.05) is 12.1 Å². The number of carbonyl (C=O) groups excluding carboxylic acids is 1. The van der Waals surface area contributed by atoms with E-state index < -0.39 is 4.92 Å². The maximum absolute atomic E-state index is 13.1. The lowest BCUT2D eigenvalue weighted by Gasteiger charge is -2.22. The highest BCUT2D eigenvalue weighted by atomic mass is 16.6. The summed E-state index contributed by atoms with van der Waals surface area (Å²) in [5.74, 6) is -0.0981. The Morgan fingerprint density at radius 3 is 2.32 bits per heavy atom. The number of rotatable bonds is 4. The number of nitro benzene ring substituents is 1. The van der Waals surface area contributed by atoms with Crippen LogP contribution in [0.4, 0.5) is 17.1 Å². The Labute approximate surface area is 161 Å². The molecule has 1 aliphatic rings. The predicted octanol–water partition coefficient (Wildman–Crippen LogP) is 4.65. The summed E-state index contributed by atoms with van der Waals surface area (Å²) >= 11 is 0. The van der Waals surface area contributed by atoms with E-state index in [2.05, 4.69) is 4.99 Å². The standard InChI is InChI=1S/C22H17N3O3/c26-22-14-19(17-9-5-2-6-10-17)23-20-13-18(25(27)28)11-12-21(20)24(22)15-16-7-3-1-4-8-16/h1-13H,14-15H2. The van der Waals surface area contributed by atoms with Gasteiger partial charge in [-0.15, -0.1) is 0 Å². The van der Waals surface area contributed by atoms with Crippen LogP contribution in [0.25, 0.3) is 0 Å². The summed E-state index contributed by atoms with van der Waals surface area (Å²) in [6.45, 7) is 0.377. The molecule has 6 nitrogen and oxygen atoms in total. The Morgan fingerprint density at radius 1 is 0.964 bits per heavy atom. The summed E-state index contributed by atoms with van der Waals surface area (Å²) in [5.41, 5.74) is 3.35. The van der Waals surface area contributed by atoms with E-state index in [-0.39, 0.29) is 18.0 Å². The second-order valence-corrected chi connectivity index (χ2v) is 6.50. The van der Waals surface area contributed by atoms with Crippen molar-refractivity contribution in [2.45, 2.75) is 13.0 Å². The molecule has 0 bridgehead atoms. The van der Waals surface area contributed by atoms with Crippen LogP contribution < -0.4 is 4.90 Å². The number of anilines is 1. The number of nitro groups is 1. The van der Waals surface area contributed by atoms with Crippen LogP contribution in [0, 0.1) is 10.1 Å². The summed E-state index contributed by atoms with van der Waals surface area (Å²) in [6.07, 6.45) is 0.124. The minimum Gasteiger partial charge on any atom is -0.306 e. The summed E-state index contributed by atoms with van der Waals surface area (Å²) in [5, 5.41) is 11.2. The number of benzene rings is 3. The zero-order valence-electron chi connectivity index (χ0n) is 15.0. The highest BCUT2D eigenvalue weighted by molar-refractivity contribution is 6.17. The minimum atomic E-state index is -0.452. The highest BCUT2D eigenvalue weighted by Gasteiger charge is 2.26. The van der Waals surface area contributed by atoms with Crippen molar-refractivity contribution in [1.29, 1.82) is 0 Å². The van der Waals surface area contributed by atoms with Crippen LogP contribution in [-0.2, 0) is 11.3 Å². The van der Waals surface area contributed by atoms with Gasteiger partial charge >= 0.3 is 0 Å². The van der Waals surface area contributed by atoms with E-state index in [1.54, 1.807) is 11.0 Å². The van der Waals surface area contributed by atoms with Crippen molar-refractivity contribution in [3.63, 3.8) is 0 Å². The number of carbonyl (C=O) groups is 1. The molecule has 0 fully saturated rings. The van der Waals surface area contributed by atoms with E-state index >= 15 is 0 Å². The number of amides is 1. The van der Waals surface area contributed by atoms with Crippen LogP contribution in [0.15, 0.2) is 83.9 Å². The van der Waals surface area contributed by atoms with Crippen LogP contribution in [0.5, 0.6) is 0 Å². The van der Waals surface area contributed by atoms with Crippen LogP contribution in [0.1, 0.15) is 17.5 Å². The second-order valence-electron chi connectivity index (χ2n) is 6.50. The van der Waals surface area contributed by atoms with Gasteiger partial charge in [-0.05, 0) is 17.2 Å². The van der Waals surface area contributed by atoms with Gasteiger partial charge in [0.15, 0.2) is 0 Å². The molecule has 0 saturated heterocycles. The van der Waals surface area contributed by atoms with E-state index in [9.17, 15) is 14.9 Å². The van der Waals surface area contributed by atoms with E-state index in [1.807, 2.05) is 60.7 Å². The first-order valence-electron chi connectivity index (χ1n) is 8.87. The molecule has 0 unspecified atom stereocenters. The maximum atomic E-state index is 13.1. The van der Waals surface area contributed by atoms with Gasteiger partial charge in [-0.2, -0.15) is 0 Å². The third-order valence-corrected chi connectivity index (χ3v) is 4.63. The summed E-state index contributed by atoms with van der Waals surface area (Å²) < 4.78 is 0. The Morgan fingerprint density at radius 2 is 1.64 bits per heavy atom. The molecule has 0 aliphatic carbocycles. The number of aliphatic imine (C=N–C) groups is 1. The fourth-order valence-electron chi connectivity index (χ4n) is 3.24. The van der Waals surface area contributed by atoms with Crippen molar-refractivity contribution in [1.82, 2.24) is 0 Å². The first kappa shape index (κ1) is 17.6. The van der Waals surface area contributed by atoms with Crippen LogP contribution in [0.3, 0.4) is 0 Å². The molecule has 1 amide bonds. The molecule has 4 rings (SSSR count). The third-order valence-electron chi connectivity index (χ3n) is 4.63. The molecule has 0 N–H and O–H groups in total. The molecule has 3 aromatic carbocycles. The van der Waals surface area contributed by atoms with Crippen LogP contribution >= 0.6 is 0 Å². The monoisotopic (exact) mass is 371 g/mol. The Hall–Kier alpha value is -3.80. The lowest BCUT2D eigenvalue weighted by Crippen LogP contribution is -2.31. The average molecular weight is 371 g/mol. The molecule has 0 atom stereocenters. The molecule has 0 spiro atoms. The van der Waals surface area contributed by atoms with Crippen molar-refractivity contribution in [3.8, 4) is 0 Å². The largest absolute Gasteiger partial charge is 0.306 e. The minimum absolute atomic E-state index is 0.0519. The molecule has 138 valence electrons. The van der Waals surface area contributed by atoms with Gasteiger partial charge in [0.25, 0.3) is 5.69 Å². The molecular weight excluding hydrogens is 354 g/mol. The maximum Gasteiger partial charge on any atom is 0.271 e. The molecule has 0 aromatic heterocycles. The Bertz CT molecular complexity index is 1060. The van der Waals surface area contributed by atoms with Gasteiger partial charge in [0.1, 0.15) is 0 Å². The molecule has 0 saturated carbocycles. The Balaban J connectivity index is 1.82. The molecule has 3 aromatic rings. The van der Waals surface area contributed by atoms with Gasteiger partial charge in [-0.3, -0.25) is 14.9 Å². The van der Waals surface area contributed by atoms with E-state index in [0.717, 1.165) is 11.1 Å². The van der Waals surface area contributed by atoms with Crippen molar-refractivity contribution < 1.29 is 9.72 Å². The number of hydrogen-bond donors (Lipinski definition) is 0. The second kappa shape index (κ2) is 7.44. The fraction of sp³-hybridized carbons (Fsp3) is 0.0909. The van der Waals surface area contributed by atoms with Crippen LogP contribution in [-0.4, -0.2) is 16.5 Å². The van der Waals surface area contributed by atoms with E-state index in [4.69, 9.17) is 0 Å². The lowest BCUT2D eigenvalue weighted by molar-refractivity contribution is -0.384. The van der Waals surface area contributed by atoms with Gasteiger partial charge < -0.3 is 4.90 Å². The predicted molar refractivity (Wildman–Crippen MR) is 108 cm³/mol. The number of nitrogens with zero attached hydrogens (tertiary/aromatic N) is 3. The molecule has 1 heterocycles. The first-order valence-corrected chi connectivity index (χ1v) is 8.87. The molecular formula is C22H17N3O3. The summed E-state index contributed by atoms with van der Waals surface area (Å²) in [4.78, 5) is 30.2. The molecule has 6 heteroatoms. The quantitative estimate of drug-likeness (QED) is 0.495. The van der Waals surface area contributed by atoms with Gasteiger partial charge in [-0.25, -0.2) is 4.99 Å². The van der Waals surface area contributed by atoms with Crippen molar-refractivity contribution in [2.75, 3.05) is 4.90 Å². The van der Waals surface area contributed by atoms with Gasteiger partial charge in [-0.1, -0.05) is 60.7 Å². The zero-order valence-corrected chi connectivity index (χ0v) is 15.0. The van der Waals surface area contributed by atoms with Gasteiger partial charge in [0.2, 0.25) is 5.91 Å². The van der Waals surface area contributed by atoms with Crippen molar-refractivity contribution in [2.24, 2.45) is 4.99 Å². The fourth-order valence-corrected chi connectivity index (χ4v) is 3.24. The molecule has 0 radical (unpaired) electrons. The first-order chi connectivity index (χ1) is 13.6. The molecule has 28 heavy (non-hydrogen) atoms. The topological polar surface area (TPSA) is 75.8 Å². The van der Waals surface area contributed by atoms with Crippen molar-refractivity contribution in [3.05, 3.63) is 100 Å². The SMILES string of the molecule is O=C1CC(c2ccccc2)=Nc2cc([N+](=O)[O-])ccc2N1Cc1ccccc1. The summed E-state index contributed by atoms with van der Waals surface area (Å²) in [6, 6.07) is 23.5. The van der Waals surface area contributed by atoms with E-state index in [0.29, 0.717) is 23.6 Å². The van der Waals surface area contributed by atoms with Crippen molar-refractivity contribution >= 4 is 28.7 Å². The van der Waals surface area contributed by atoms with Crippen LogP contribution in [0.2, 0.25) is 0 Å². The number of non-ortho nitro benzene ring substituents is 1. The molecule has 1 aliphatic heterocycles. The number of hydrogen-bond acceptors (Lipinski definition) is 4. The third kappa shape index (κ3) is 3.53. The lowest BCUT2D eigenvalue weighted by atomic mass is 10.1.